The Morgan fingerprint density at radius 2 is 1.61 bits per heavy atom. The molecule has 0 fully saturated rings. The average Bonchev–Trinajstić information content (AvgIpc) is 2.50. The molecule has 0 spiro atoms. The van der Waals surface area contributed by atoms with E-state index in [2.05, 4.69) is 9.97 Å². The van der Waals surface area contributed by atoms with Gasteiger partial charge in [-0.2, -0.15) is 0 Å². The van der Waals surface area contributed by atoms with E-state index in [1.807, 2.05) is 18.2 Å². The Balaban J connectivity index is 2.22. The summed E-state index contributed by atoms with van der Waals surface area (Å²) in [6, 6.07) is 12.4. The van der Waals surface area contributed by atoms with Crippen LogP contribution in [0.25, 0.3) is 22.5 Å². The lowest BCUT2D eigenvalue weighted by atomic mass is 10.0. The Morgan fingerprint density at radius 1 is 0.957 bits per heavy atom. The SMILES string of the molecule is Cc1cc(Cl)cc(-c2cc(-c3ccccc3Cl)nc(N)n2)c1O. The standard InChI is InChI=1S/C17H13Cl2N3O/c1-9-6-10(18)7-12(16(9)23)15-8-14(21-17(20)22-15)11-4-2-3-5-13(11)19/h2-8,23H,1H3,(H2,20,21,22). The van der Waals surface area contributed by atoms with Crippen molar-refractivity contribution in [2.75, 3.05) is 5.73 Å². The molecule has 0 unspecified atom stereocenters. The summed E-state index contributed by atoms with van der Waals surface area (Å²) in [4.78, 5) is 8.44. The summed E-state index contributed by atoms with van der Waals surface area (Å²) in [5.74, 6) is 0.201. The fourth-order valence-corrected chi connectivity index (χ4v) is 2.85. The van der Waals surface area contributed by atoms with E-state index in [0.29, 0.717) is 32.6 Å². The third-order valence-electron chi connectivity index (χ3n) is 3.43. The molecule has 116 valence electrons. The van der Waals surface area contributed by atoms with Crippen molar-refractivity contribution in [3.8, 4) is 28.3 Å². The molecule has 23 heavy (non-hydrogen) atoms. The van der Waals surface area contributed by atoms with Crippen molar-refractivity contribution >= 4 is 29.2 Å². The second-order valence-corrected chi connectivity index (χ2v) is 5.94. The number of hydrogen-bond donors (Lipinski definition) is 2. The second kappa shape index (κ2) is 6.07. The number of nitrogen functional groups attached to an aromatic ring is 1. The highest BCUT2D eigenvalue weighted by atomic mass is 35.5. The number of benzene rings is 2. The number of hydrogen-bond acceptors (Lipinski definition) is 4. The molecule has 0 aliphatic heterocycles. The van der Waals surface area contributed by atoms with E-state index in [-0.39, 0.29) is 11.7 Å². The van der Waals surface area contributed by atoms with E-state index in [4.69, 9.17) is 28.9 Å². The Bertz CT molecular complexity index is 897. The van der Waals surface area contributed by atoms with Crippen LogP contribution in [0.4, 0.5) is 5.95 Å². The predicted molar refractivity (Wildman–Crippen MR) is 93.7 cm³/mol. The molecule has 3 rings (SSSR count). The molecule has 1 heterocycles. The summed E-state index contributed by atoms with van der Waals surface area (Å²) in [6.45, 7) is 1.77. The number of nitrogens with zero attached hydrogens (tertiary/aromatic N) is 2. The highest BCUT2D eigenvalue weighted by molar-refractivity contribution is 6.33. The van der Waals surface area contributed by atoms with E-state index in [1.54, 1.807) is 31.2 Å². The number of rotatable bonds is 2. The zero-order chi connectivity index (χ0) is 16.6. The molecular formula is C17H13Cl2N3O. The number of phenols is 1. The number of phenolic OH excluding ortho intramolecular Hbond substituents is 1. The van der Waals surface area contributed by atoms with Gasteiger partial charge in [0.2, 0.25) is 5.95 Å². The number of nitrogens with two attached hydrogens (primary N) is 1. The van der Waals surface area contributed by atoms with Crippen molar-refractivity contribution in [2.45, 2.75) is 6.92 Å². The molecule has 4 nitrogen and oxygen atoms in total. The maximum Gasteiger partial charge on any atom is 0.221 e. The van der Waals surface area contributed by atoms with Crippen molar-refractivity contribution in [1.82, 2.24) is 9.97 Å². The van der Waals surface area contributed by atoms with Crippen LogP contribution in [0.1, 0.15) is 5.56 Å². The van der Waals surface area contributed by atoms with Gasteiger partial charge in [0.15, 0.2) is 0 Å². The molecule has 2 aromatic carbocycles. The van der Waals surface area contributed by atoms with E-state index in [0.717, 1.165) is 5.56 Å². The maximum atomic E-state index is 10.3. The molecule has 0 bridgehead atoms. The summed E-state index contributed by atoms with van der Waals surface area (Å²) < 4.78 is 0. The molecule has 1 aromatic heterocycles. The molecule has 0 aliphatic rings. The molecule has 0 saturated carbocycles. The lowest BCUT2D eigenvalue weighted by molar-refractivity contribution is 0.473. The number of halogens is 2. The Morgan fingerprint density at radius 3 is 2.30 bits per heavy atom. The average molecular weight is 346 g/mol. The van der Waals surface area contributed by atoms with Crippen LogP contribution < -0.4 is 5.73 Å². The second-order valence-electron chi connectivity index (χ2n) is 5.10. The molecule has 0 amide bonds. The van der Waals surface area contributed by atoms with Crippen LogP contribution in [-0.2, 0) is 0 Å². The van der Waals surface area contributed by atoms with Crippen molar-refractivity contribution < 1.29 is 5.11 Å². The predicted octanol–water partition coefficient (Wildman–Crippen LogP) is 4.71. The summed E-state index contributed by atoms with van der Waals surface area (Å²) in [5.41, 5.74) is 8.78. The topological polar surface area (TPSA) is 72.0 Å². The first-order valence-corrected chi connectivity index (χ1v) is 7.60. The van der Waals surface area contributed by atoms with Gasteiger partial charge in [-0.05, 0) is 36.8 Å². The van der Waals surface area contributed by atoms with Crippen molar-refractivity contribution in [3.05, 3.63) is 58.1 Å². The van der Waals surface area contributed by atoms with Crippen LogP contribution >= 0.6 is 23.2 Å². The van der Waals surface area contributed by atoms with Gasteiger partial charge in [-0.1, -0.05) is 41.4 Å². The van der Waals surface area contributed by atoms with Gasteiger partial charge in [0.25, 0.3) is 0 Å². The molecule has 0 saturated heterocycles. The summed E-state index contributed by atoms with van der Waals surface area (Å²) in [6.07, 6.45) is 0. The third kappa shape index (κ3) is 3.09. The number of aryl methyl sites for hydroxylation is 1. The van der Waals surface area contributed by atoms with Gasteiger partial charge >= 0.3 is 0 Å². The van der Waals surface area contributed by atoms with Crippen LogP contribution in [0.5, 0.6) is 5.75 Å². The van der Waals surface area contributed by atoms with Gasteiger partial charge in [0.05, 0.1) is 11.4 Å². The van der Waals surface area contributed by atoms with Crippen LogP contribution in [0.2, 0.25) is 10.0 Å². The first kappa shape index (κ1) is 15.6. The molecular weight excluding hydrogens is 333 g/mol. The Labute approximate surface area is 143 Å². The summed E-state index contributed by atoms with van der Waals surface area (Å²) >= 11 is 12.3. The lowest BCUT2D eigenvalue weighted by Gasteiger charge is -2.10. The minimum absolute atomic E-state index is 0.0921. The zero-order valence-corrected chi connectivity index (χ0v) is 13.7. The maximum absolute atomic E-state index is 10.3. The lowest BCUT2D eigenvalue weighted by Crippen LogP contribution is -1.99. The van der Waals surface area contributed by atoms with E-state index in [1.165, 1.54) is 0 Å². The fourth-order valence-electron chi connectivity index (χ4n) is 2.34. The first-order chi connectivity index (χ1) is 11.0. The van der Waals surface area contributed by atoms with E-state index in [9.17, 15) is 5.11 Å². The van der Waals surface area contributed by atoms with Gasteiger partial charge in [-0.25, -0.2) is 9.97 Å². The van der Waals surface area contributed by atoms with Crippen molar-refractivity contribution in [1.29, 1.82) is 0 Å². The normalized spacial score (nSPS) is 10.7. The third-order valence-corrected chi connectivity index (χ3v) is 3.98. The quantitative estimate of drug-likeness (QED) is 0.705. The van der Waals surface area contributed by atoms with Crippen LogP contribution in [-0.4, -0.2) is 15.1 Å². The van der Waals surface area contributed by atoms with Crippen molar-refractivity contribution in [3.63, 3.8) is 0 Å². The van der Waals surface area contributed by atoms with Gasteiger partial charge in [-0.15, -0.1) is 0 Å². The smallest absolute Gasteiger partial charge is 0.221 e. The van der Waals surface area contributed by atoms with Crippen molar-refractivity contribution in [2.24, 2.45) is 0 Å². The van der Waals surface area contributed by atoms with E-state index < -0.39 is 0 Å². The van der Waals surface area contributed by atoms with E-state index >= 15 is 0 Å². The summed E-state index contributed by atoms with van der Waals surface area (Å²) in [7, 11) is 0. The highest BCUT2D eigenvalue weighted by Crippen LogP contribution is 2.36. The molecule has 3 N–H and O–H groups in total. The zero-order valence-electron chi connectivity index (χ0n) is 12.2. The first-order valence-electron chi connectivity index (χ1n) is 6.84. The van der Waals surface area contributed by atoms with Gasteiger partial charge in [-0.3, -0.25) is 0 Å². The summed E-state index contributed by atoms with van der Waals surface area (Å²) in [5, 5.41) is 11.4. The van der Waals surface area contributed by atoms with Crippen LogP contribution in [0, 0.1) is 6.92 Å². The number of anilines is 1. The van der Waals surface area contributed by atoms with Gasteiger partial charge in [0.1, 0.15) is 5.75 Å². The Kier molecular flexibility index (Phi) is 4.11. The minimum Gasteiger partial charge on any atom is -0.507 e. The van der Waals surface area contributed by atoms with Crippen LogP contribution in [0.15, 0.2) is 42.5 Å². The molecule has 6 heteroatoms. The monoisotopic (exact) mass is 345 g/mol. The molecule has 0 aliphatic carbocycles. The molecule has 0 atom stereocenters. The minimum atomic E-state index is 0.0921. The number of aromatic nitrogens is 2. The Hall–Kier alpha value is -2.30. The van der Waals surface area contributed by atoms with Gasteiger partial charge in [0, 0.05) is 21.2 Å². The largest absolute Gasteiger partial charge is 0.507 e. The highest BCUT2D eigenvalue weighted by Gasteiger charge is 2.14. The van der Waals surface area contributed by atoms with Crippen LogP contribution in [0.3, 0.4) is 0 Å². The number of aromatic hydroxyl groups is 1. The fraction of sp³-hybridized carbons (Fsp3) is 0.0588. The molecule has 3 aromatic rings. The molecule has 0 radical (unpaired) electrons. The van der Waals surface area contributed by atoms with Gasteiger partial charge < -0.3 is 10.8 Å².